The van der Waals surface area contributed by atoms with Gasteiger partial charge >= 0.3 is 0 Å². The molecule has 3 nitrogen and oxygen atoms in total. The van der Waals surface area contributed by atoms with Crippen LogP contribution in [0, 0.1) is 13.5 Å². The summed E-state index contributed by atoms with van der Waals surface area (Å²) in [6, 6.07) is 3.63. The summed E-state index contributed by atoms with van der Waals surface area (Å²) in [6.07, 6.45) is 0. The summed E-state index contributed by atoms with van der Waals surface area (Å²) in [4.78, 5) is 3.35. The quantitative estimate of drug-likeness (QED) is 0.648. The fourth-order valence-corrected chi connectivity index (χ4v) is 1.13. The first kappa shape index (κ1) is 9.40. The number of rotatable bonds is 2. The van der Waals surface area contributed by atoms with E-state index in [4.69, 9.17) is 16.0 Å². The van der Waals surface area contributed by atoms with Crippen molar-refractivity contribution in [3.8, 4) is 11.5 Å². The molecule has 0 heterocycles. The number of aryl methyl sites for hydroxylation is 1. The Morgan fingerprint density at radius 3 is 1.92 bits per heavy atom. The van der Waals surface area contributed by atoms with Gasteiger partial charge in [-0.15, -0.1) is 0 Å². The van der Waals surface area contributed by atoms with Crippen molar-refractivity contribution in [2.45, 2.75) is 6.92 Å². The fraction of sp³-hybridized carbons (Fsp3) is 0.300. The van der Waals surface area contributed by atoms with Crippen LogP contribution < -0.4 is 9.47 Å². The van der Waals surface area contributed by atoms with Crippen LogP contribution in [0.3, 0.4) is 0 Å². The SMILES string of the molecule is [C-]#[N+]c1c(OC)cc(C)cc1OC. The van der Waals surface area contributed by atoms with Crippen molar-refractivity contribution in [1.29, 1.82) is 0 Å². The molecule has 0 bridgehead atoms. The highest BCUT2D eigenvalue weighted by molar-refractivity contribution is 5.68. The maximum atomic E-state index is 6.97. The van der Waals surface area contributed by atoms with Gasteiger partial charge in [-0.3, -0.25) is 0 Å². The van der Waals surface area contributed by atoms with Crippen molar-refractivity contribution in [3.05, 3.63) is 29.1 Å². The molecule has 0 radical (unpaired) electrons. The van der Waals surface area contributed by atoms with E-state index in [1.807, 2.05) is 19.1 Å². The Morgan fingerprint density at radius 2 is 1.62 bits per heavy atom. The fourth-order valence-electron chi connectivity index (χ4n) is 1.13. The van der Waals surface area contributed by atoms with Gasteiger partial charge in [-0.2, -0.15) is 0 Å². The molecule has 1 aromatic rings. The topological polar surface area (TPSA) is 22.8 Å². The predicted molar refractivity (Wildman–Crippen MR) is 50.5 cm³/mol. The number of hydrogen-bond donors (Lipinski definition) is 0. The Morgan fingerprint density at radius 1 is 1.15 bits per heavy atom. The van der Waals surface area contributed by atoms with Gasteiger partial charge in [0.15, 0.2) is 0 Å². The van der Waals surface area contributed by atoms with Gasteiger partial charge in [0.2, 0.25) is 0 Å². The molecule has 0 N–H and O–H groups in total. The Balaban J connectivity index is 3.36. The van der Waals surface area contributed by atoms with Crippen LogP contribution in [0.2, 0.25) is 0 Å². The molecule has 1 aromatic carbocycles. The largest absolute Gasteiger partial charge is 0.508 e. The molecular formula is C10H11NO2. The zero-order valence-electron chi connectivity index (χ0n) is 7.92. The van der Waals surface area contributed by atoms with E-state index < -0.39 is 0 Å². The van der Waals surface area contributed by atoms with Crippen LogP contribution >= 0.6 is 0 Å². The first-order valence-electron chi connectivity index (χ1n) is 3.83. The Hall–Kier alpha value is -1.69. The lowest BCUT2D eigenvalue weighted by atomic mass is 10.2. The monoisotopic (exact) mass is 177 g/mol. The summed E-state index contributed by atoms with van der Waals surface area (Å²) < 4.78 is 10.1. The molecule has 1 rings (SSSR count). The highest BCUT2D eigenvalue weighted by atomic mass is 16.5. The minimum Gasteiger partial charge on any atom is -0.508 e. The Labute approximate surface area is 77.7 Å². The lowest BCUT2D eigenvalue weighted by Gasteiger charge is -2.08. The minimum atomic E-state index is 0.426. The van der Waals surface area contributed by atoms with Crippen molar-refractivity contribution < 1.29 is 9.47 Å². The first-order chi connectivity index (χ1) is 6.22. The number of benzene rings is 1. The molecule has 0 spiro atoms. The molecule has 0 aliphatic carbocycles. The first-order valence-corrected chi connectivity index (χ1v) is 3.83. The van der Waals surface area contributed by atoms with E-state index in [2.05, 4.69) is 4.85 Å². The van der Waals surface area contributed by atoms with Crippen molar-refractivity contribution in [1.82, 2.24) is 0 Å². The Kier molecular flexibility index (Phi) is 2.76. The summed E-state index contributed by atoms with van der Waals surface area (Å²) >= 11 is 0. The van der Waals surface area contributed by atoms with Crippen molar-refractivity contribution in [2.24, 2.45) is 0 Å². The van der Waals surface area contributed by atoms with E-state index in [0.717, 1.165) is 5.56 Å². The molecule has 0 fully saturated rings. The summed E-state index contributed by atoms with van der Waals surface area (Å²) in [6.45, 7) is 8.90. The van der Waals surface area contributed by atoms with Crippen LogP contribution in [-0.4, -0.2) is 14.2 Å². The normalized spacial score (nSPS) is 9.08. The number of ether oxygens (including phenoxy) is 2. The minimum absolute atomic E-state index is 0.426. The summed E-state index contributed by atoms with van der Waals surface area (Å²) in [5.74, 6) is 1.12. The average Bonchev–Trinajstić information content (AvgIpc) is 2.16. The van der Waals surface area contributed by atoms with E-state index in [0.29, 0.717) is 17.2 Å². The van der Waals surface area contributed by atoms with Crippen molar-refractivity contribution in [2.75, 3.05) is 14.2 Å². The second-order valence-corrected chi connectivity index (χ2v) is 2.63. The molecule has 68 valence electrons. The van der Waals surface area contributed by atoms with E-state index in [1.54, 1.807) is 14.2 Å². The van der Waals surface area contributed by atoms with Gasteiger partial charge in [-0.25, -0.2) is 4.85 Å². The molecule has 0 saturated carbocycles. The van der Waals surface area contributed by atoms with Crippen LogP contribution in [0.15, 0.2) is 12.1 Å². The number of hydrogen-bond acceptors (Lipinski definition) is 2. The van der Waals surface area contributed by atoms with E-state index in [-0.39, 0.29) is 0 Å². The van der Waals surface area contributed by atoms with Crippen LogP contribution in [0.5, 0.6) is 11.5 Å². The molecule has 13 heavy (non-hydrogen) atoms. The molecule has 0 aliphatic rings. The van der Waals surface area contributed by atoms with E-state index >= 15 is 0 Å². The summed E-state index contributed by atoms with van der Waals surface area (Å²) in [5, 5.41) is 0. The predicted octanol–water partition coefficient (Wildman–Crippen LogP) is 2.56. The second-order valence-electron chi connectivity index (χ2n) is 2.63. The molecule has 0 aromatic heterocycles. The van der Waals surface area contributed by atoms with Crippen molar-refractivity contribution in [3.63, 3.8) is 0 Å². The van der Waals surface area contributed by atoms with Crippen LogP contribution in [0.25, 0.3) is 4.85 Å². The zero-order valence-corrected chi connectivity index (χ0v) is 7.92. The third-order valence-corrected chi connectivity index (χ3v) is 1.74. The number of nitrogens with zero attached hydrogens (tertiary/aromatic N) is 1. The second kappa shape index (κ2) is 3.81. The lowest BCUT2D eigenvalue weighted by molar-refractivity contribution is 0.398. The third-order valence-electron chi connectivity index (χ3n) is 1.74. The number of methoxy groups -OCH3 is 2. The zero-order chi connectivity index (χ0) is 9.84. The standard InChI is InChI=1S/C10H11NO2/c1-7-5-8(12-3)10(11-2)9(6-7)13-4/h5-6H,1,3-4H3. The highest BCUT2D eigenvalue weighted by Crippen LogP contribution is 2.38. The van der Waals surface area contributed by atoms with Crippen LogP contribution in [0.4, 0.5) is 5.69 Å². The van der Waals surface area contributed by atoms with Gasteiger partial charge < -0.3 is 9.47 Å². The molecule has 0 saturated heterocycles. The summed E-state index contributed by atoms with van der Waals surface area (Å²) in [5.41, 5.74) is 1.44. The maximum Gasteiger partial charge on any atom is 0.268 e. The van der Waals surface area contributed by atoms with Gasteiger partial charge in [-0.1, -0.05) is 0 Å². The van der Waals surface area contributed by atoms with E-state index in [9.17, 15) is 0 Å². The molecular weight excluding hydrogens is 166 g/mol. The summed E-state index contributed by atoms with van der Waals surface area (Å²) in [7, 11) is 3.09. The van der Waals surface area contributed by atoms with Gasteiger partial charge in [-0.05, 0) is 24.6 Å². The third kappa shape index (κ3) is 1.73. The van der Waals surface area contributed by atoms with Gasteiger partial charge in [0.1, 0.15) is 11.5 Å². The molecule has 3 heteroatoms. The molecule has 0 unspecified atom stereocenters. The molecule has 0 aliphatic heterocycles. The van der Waals surface area contributed by atoms with Gasteiger partial charge in [0.25, 0.3) is 5.69 Å². The smallest absolute Gasteiger partial charge is 0.268 e. The van der Waals surface area contributed by atoms with Crippen LogP contribution in [0.1, 0.15) is 5.56 Å². The Bertz CT molecular complexity index is 327. The lowest BCUT2D eigenvalue weighted by Crippen LogP contribution is -1.89. The molecule has 0 atom stereocenters. The highest BCUT2D eigenvalue weighted by Gasteiger charge is 2.10. The maximum absolute atomic E-state index is 6.97. The molecule has 0 amide bonds. The van der Waals surface area contributed by atoms with Crippen LogP contribution in [-0.2, 0) is 0 Å². The van der Waals surface area contributed by atoms with Gasteiger partial charge in [0.05, 0.1) is 20.8 Å². The van der Waals surface area contributed by atoms with Gasteiger partial charge in [0, 0.05) is 0 Å². The average molecular weight is 177 g/mol. The van der Waals surface area contributed by atoms with E-state index in [1.165, 1.54) is 0 Å². The van der Waals surface area contributed by atoms with Crippen molar-refractivity contribution >= 4 is 5.69 Å².